The monoisotopic (exact) mass is 357 g/mol. The maximum Gasteiger partial charge on any atom is 0.308 e. The van der Waals surface area contributed by atoms with Gasteiger partial charge in [0.25, 0.3) is 0 Å². The highest BCUT2D eigenvalue weighted by Crippen LogP contribution is 2.58. The third-order valence-electron chi connectivity index (χ3n) is 6.88. The number of rotatable bonds is 5. The number of amides is 1. The number of fused-ring (bicyclic) bond motifs is 2. The third-order valence-corrected chi connectivity index (χ3v) is 6.88. The van der Waals surface area contributed by atoms with E-state index in [2.05, 4.69) is 6.07 Å². The SMILES string of the molecule is COc1cccc(CC2(C(=O)N3CCC(C(=O)O)C3)CC3CCC2C3)c1. The molecule has 1 N–H and O–H groups in total. The second-order valence-corrected chi connectivity index (χ2v) is 8.34. The number of carbonyl (C=O) groups excluding carboxylic acids is 1. The van der Waals surface area contributed by atoms with Gasteiger partial charge in [0.15, 0.2) is 0 Å². The molecule has 0 radical (unpaired) electrons. The highest BCUT2D eigenvalue weighted by molar-refractivity contribution is 5.85. The third kappa shape index (κ3) is 2.87. The normalized spacial score (nSPS) is 32.8. The molecule has 1 heterocycles. The molecule has 1 saturated heterocycles. The van der Waals surface area contributed by atoms with Crippen molar-refractivity contribution >= 4 is 11.9 Å². The van der Waals surface area contributed by atoms with Crippen LogP contribution in [0.15, 0.2) is 24.3 Å². The smallest absolute Gasteiger partial charge is 0.308 e. The van der Waals surface area contributed by atoms with Gasteiger partial charge in [-0.2, -0.15) is 0 Å². The molecule has 2 saturated carbocycles. The van der Waals surface area contributed by atoms with Crippen LogP contribution in [-0.2, 0) is 16.0 Å². The van der Waals surface area contributed by atoms with Gasteiger partial charge in [0.05, 0.1) is 18.4 Å². The molecule has 0 aromatic heterocycles. The second kappa shape index (κ2) is 6.60. The fraction of sp³-hybridized carbons (Fsp3) is 0.619. The van der Waals surface area contributed by atoms with Crippen LogP contribution in [0.5, 0.6) is 5.75 Å². The van der Waals surface area contributed by atoms with Gasteiger partial charge in [-0.15, -0.1) is 0 Å². The van der Waals surface area contributed by atoms with Gasteiger partial charge in [-0.3, -0.25) is 9.59 Å². The van der Waals surface area contributed by atoms with E-state index in [4.69, 9.17) is 4.74 Å². The molecule has 2 bridgehead atoms. The molecule has 5 heteroatoms. The number of methoxy groups -OCH3 is 1. The molecule has 1 amide bonds. The lowest BCUT2D eigenvalue weighted by molar-refractivity contribution is -0.145. The summed E-state index contributed by atoms with van der Waals surface area (Å²) in [6, 6.07) is 8.02. The van der Waals surface area contributed by atoms with Crippen molar-refractivity contribution in [2.75, 3.05) is 20.2 Å². The summed E-state index contributed by atoms with van der Waals surface area (Å²) in [4.78, 5) is 26.7. The minimum atomic E-state index is -0.782. The van der Waals surface area contributed by atoms with Crippen LogP contribution in [0.3, 0.4) is 0 Å². The summed E-state index contributed by atoms with van der Waals surface area (Å²) in [6.07, 6.45) is 5.75. The zero-order chi connectivity index (χ0) is 18.3. The summed E-state index contributed by atoms with van der Waals surface area (Å²) >= 11 is 0. The van der Waals surface area contributed by atoms with Crippen LogP contribution in [0.4, 0.5) is 0 Å². The van der Waals surface area contributed by atoms with Gasteiger partial charge in [-0.1, -0.05) is 18.6 Å². The Balaban J connectivity index is 1.60. The Morgan fingerprint density at radius 2 is 2.15 bits per heavy atom. The van der Waals surface area contributed by atoms with Crippen molar-refractivity contribution in [3.8, 4) is 5.75 Å². The summed E-state index contributed by atoms with van der Waals surface area (Å²) in [5, 5.41) is 9.29. The minimum absolute atomic E-state index is 0.191. The van der Waals surface area contributed by atoms with Crippen molar-refractivity contribution in [1.82, 2.24) is 4.90 Å². The number of carboxylic acid groups (broad SMARTS) is 1. The van der Waals surface area contributed by atoms with E-state index in [-0.39, 0.29) is 11.3 Å². The first-order valence-corrected chi connectivity index (χ1v) is 9.67. The predicted octanol–water partition coefficient (Wildman–Crippen LogP) is 2.98. The van der Waals surface area contributed by atoms with Crippen molar-refractivity contribution in [2.45, 2.75) is 38.5 Å². The van der Waals surface area contributed by atoms with Crippen molar-refractivity contribution < 1.29 is 19.4 Å². The lowest BCUT2D eigenvalue weighted by Gasteiger charge is -2.39. The van der Waals surface area contributed by atoms with E-state index in [0.29, 0.717) is 31.3 Å². The number of aliphatic carboxylic acids is 1. The minimum Gasteiger partial charge on any atom is -0.497 e. The molecule has 4 unspecified atom stereocenters. The standard InChI is InChI=1S/C21H27NO4/c1-26-18-4-2-3-14(10-18)11-21(12-15-5-6-17(21)9-15)20(25)22-8-7-16(13-22)19(23)24/h2-4,10,15-17H,5-9,11-13H2,1H3,(H,23,24). The first-order chi connectivity index (χ1) is 12.5. The van der Waals surface area contributed by atoms with Crippen LogP contribution >= 0.6 is 0 Å². The molecule has 26 heavy (non-hydrogen) atoms. The van der Waals surface area contributed by atoms with Crippen molar-refractivity contribution in [1.29, 1.82) is 0 Å². The largest absolute Gasteiger partial charge is 0.497 e. The Labute approximate surface area is 154 Å². The molecule has 4 atom stereocenters. The Bertz CT molecular complexity index is 718. The van der Waals surface area contributed by atoms with Crippen LogP contribution in [-0.4, -0.2) is 42.1 Å². The number of likely N-dealkylation sites (tertiary alicyclic amines) is 1. The molecule has 140 valence electrons. The molecule has 5 nitrogen and oxygen atoms in total. The van der Waals surface area contributed by atoms with Gasteiger partial charge in [-0.25, -0.2) is 0 Å². The molecule has 3 aliphatic rings. The van der Waals surface area contributed by atoms with Crippen LogP contribution in [0.1, 0.15) is 37.7 Å². The fourth-order valence-electron chi connectivity index (χ4n) is 5.61. The first-order valence-electron chi connectivity index (χ1n) is 9.67. The first kappa shape index (κ1) is 17.4. The van der Waals surface area contributed by atoms with Gasteiger partial charge in [0.1, 0.15) is 5.75 Å². The van der Waals surface area contributed by atoms with E-state index in [0.717, 1.165) is 37.0 Å². The van der Waals surface area contributed by atoms with Gasteiger partial charge < -0.3 is 14.7 Å². The Kier molecular flexibility index (Phi) is 4.41. The topological polar surface area (TPSA) is 66.8 Å². The van der Waals surface area contributed by atoms with Crippen molar-refractivity contribution in [3.05, 3.63) is 29.8 Å². The van der Waals surface area contributed by atoms with Crippen LogP contribution in [0, 0.1) is 23.2 Å². The molecule has 1 aromatic carbocycles. The number of hydrogen-bond donors (Lipinski definition) is 1. The quantitative estimate of drug-likeness (QED) is 0.880. The lowest BCUT2D eigenvalue weighted by Crippen LogP contribution is -2.47. The molecule has 1 aromatic rings. The van der Waals surface area contributed by atoms with Gasteiger partial charge in [0, 0.05) is 13.1 Å². The Morgan fingerprint density at radius 3 is 2.77 bits per heavy atom. The molecule has 3 fully saturated rings. The number of nitrogens with zero attached hydrogens (tertiary/aromatic N) is 1. The highest BCUT2D eigenvalue weighted by Gasteiger charge is 2.57. The molecule has 2 aliphatic carbocycles. The van der Waals surface area contributed by atoms with Crippen LogP contribution in [0.25, 0.3) is 0 Å². The van der Waals surface area contributed by atoms with E-state index < -0.39 is 11.9 Å². The fourth-order valence-corrected chi connectivity index (χ4v) is 5.61. The summed E-state index contributed by atoms with van der Waals surface area (Å²) < 4.78 is 5.35. The van der Waals surface area contributed by atoms with Gasteiger partial charge in [-0.05, 0) is 61.6 Å². The maximum absolute atomic E-state index is 13.6. The second-order valence-electron chi connectivity index (χ2n) is 8.34. The van der Waals surface area contributed by atoms with Crippen LogP contribution < -0.4 is 4.74 Å². The number of carboxylic acids is 1. The van der Waals surface area contributed by atoms with E-state index in [1.54, 1.807) is 7.11 Å². The lowest BCUT2D eigenvalue weighted by atomic mass is 9.68. The summed E-state index contributed by atoms with van der Waals surface area (Å²) in [5.74, 6) is 0.889. The number of ether oxygens (including phenoxy) is 1. The number of benzene rings is 1. The molecular formula is C21H27NO4. The summed E-state index contributed by atoms with van der Waals surface area (Å²) in [6.45, 7) is 0.943. The molecule has 1 aliphatic heterocycles. The van der Waals surface area contributed by atoms with Crippen molar-refractivity contribution in [2.24, 2.45) is 23.2 Å². The number of hydrogen-bond acceptors (Lipinski definition) is 3. The highest BCUT2D eigenvalue weighted by atomic mass is 16.5. The maximum atomic E-state index is 13.6. The summed E-state index contributed by atoms with van der Waals surface area (Å²) in [7, 11) is 1.66. The zero-order valence-electron chi connectivity index (χ0n) is 15.3. The van der Waals surface area contributed by atoms with Gasteiger partial charge >= 0.3 is 5.97 Å². The van der Waals surface area contributed by atoms with E-state index in [1.807, 2.05) is 23.1 Å². The Morgan fingerprint density at radius 1 is 1.31 bits per heavy atom. The zero-order valence-corrected chi connectivity index (χ0v) is 15.3. The molecule has 0 spiro atoms. The molecular weight excluding hydrogens is 330 g/mol. The average Bonchev–Trinajstić information content (AvgIpc) is 3.37. The predicted molar refractivity (Wildman–Crippen MR) is 96.9 cm³/mol. The van der Waals surface area contributed by atoms with Crippen molar-refractivity contribution in [3.63, 3.8) is 0 Å². The van der Waals surface area contributed by atoms with E-state index in [9.17, 15) is 14.7 Å². The van der Waals surface area contributed by atoms with E-state index in [1.165, 1.54) is 6.42 Å². The summed E-state index contributed by atoms with van der Waals surface area (Å²) in [5.41, 5.74) is 0.780. The Hall–Kier alpha value is -2.04. The van der Waals surface area contributed by atoms with E-state index >= 15 is 0 Å². The van der Waals surface area contributed by atoms with Crippen LogP contribution in [0.2, 0.25) is 0 Å². The molecule has 4 rings (SSSR count). The van der Waals surface area contributed by atoms with Gasteiger partial charge in [0.2, 0.25) is 5.91 Å². The number of carbonyl (C=O) groups is 2. The average molecular weight is 357 g/mol.